The highest BCUT2D eigenvalue weighted by molar-refractivity contribution is 14.0. The van der Waals surface area contributed by atoms with Crippen molar-refractivity contribution in [1.29, 1.82) is 0 Å². The maximum Gasteiger partial charge on any atom is 0.233 e. The van der Waals surface area contributed by atoms with Crippen LogP contribution >= 0.6 is 24.0 Å². The molecule has 2 amide bonds. The van der Waals surface area contributed by atoms with Gasteiger partial charge in [-0.1, -0.05) is 42.5 Å². The van der Waals surface area contributed by atoms with Crippen LogP contribution < -0.4 is 10.6 Å². The van der Waals surface area contributed by atoms with Crippen molar-refractivity contribution in [2.24, 2.45) is 28.7 Å². The van der Waals surface area contributed by atoms with Crippen LogP contribution in [0.3, 0.4) is 0 Å². The Morgan fingerprint density at radius 3 is 2.39 bits per heavy atom. The van der Waals surface area contributed by atoms with E-state index in [0.717, 1.165) is 12.0 Å². The Morgan fingerprint density at radius 2 is 1.77 bits per heavy atom. The molecule has 8 heteroatoms. The molecule has 3 N–H and O–H groups in total. The van der Waals surface area contributed by atoms with Crippen molar-refractivity contribution in [1.82, 2.24) is 15.5 Å². The first-order valence-corrected chi connectivity index (χ1v) is 10.9. The van der Waals surface area contributed by atoms with Gasteiger partial charge in [0.25, 0.3) is 0 Å². The minimum absolute atomic E-state index is 0. The second-order valence-corrected chi connectivity index (χ2v) is 8.32. The lowest BCUT2D eigenvalue weighted by Crippen LogP contribution is -2.44. The first kappa shape index (κ1) is 23.7. The summed E-state index contributed by atoms with van der Waals surface area (Å²) in [5.74, 6) is 0.697. The van der Waals surface area contributed by atoms with E-state index in [0.29, 0.717) is 32.0 Å². The van der Waals surface area contributed by atoms with Gasteiger partial charge in [0.15, 0.2) is 5.96 Å². The first-order chi connectivity index (χ1) is 14.6. The number of aliphatic hydroxyl groups is 1. The van der Waals surface area contributed by atoms with E-state index >= 15 is 0 Å². The smallest absolute Gasteiger partial charge is 0.233 e. The third-order valence-corrected chi connectivity index (χ3v) is 6.31. The molecule has 4 rings (SSSR count). The number of aliphatic hydroxyl groups excluding tert-OH is 1. The summed E-state index contributed by atoms with van der Waals surface area (Å²) in [7, 11) is 0. The van der Waals surface area contributed by atoms with Gasteiger partial charge >= 0.3 is 0 Å². The largest absolute Gasteiger partial charge is 0.391 e. The predicted molar refractivity (Wildman–Crippen MR) is 130 cm³/mol. The van der Waals surface area contributed by atoms with Crippen LogP contribution in [0.1, 0.15) is 18.9 Å². The Labute approximate surface area is 200 Å². The molecule has 0 radical (unpaired) electrons. The highest BCUT2D eigenvalue weighted by Crippen LogP contribution is 2.52. The van der Waals surface area contributed by atoms with E-state index < -0.39 is 6.10 Å². The second kappa shape index (κ2) is 10.6. The molecule has 1 saturated carbocycles. The minimum Gasteiger partial charge on any atom is -0.391 e. The van der Waals surface area contributed by atoms with Gasteiger partial charge in [0.2, 0.25) is 11.8 Å². The van der Waals surface area contributed by atoms with Crippen LogP contribution in [0.2, 0.25) is 0 Å². The van der Waals surface area contributed by atoms with Crippen LogP contribution in [0, 0.1) is 23.7 Å². The van der Waals surface area contributed by atoms with E-state index in [1.165, 1.54) is 4.90 Å². The number of nitrogens with one attached hydrogen (secondary N) is 2. The normalized spacial score (nSPS) is 27.3. The number of imide groups is 1. The number of benzene rings is 1. The lowest BCUT2D eigenvalue weighted by molar-refractivity contribution is -0.140. The molecule has 168 valence electrons. The standard InChI is InChI=1S/C23H30N4O3.HI/c1-2-24-23(26-14-18(28)12-15-6-4-3-5-7-15)25-10-11-27-21(29)19-16-8-9-17(13-16)20(19)22(27)30;/h3-9,16-20,28H,2,10-14H2,1H3,(H2,24,25,26);1H. The Morgan fingerprint density at radius 1 is 1.13 bits per heavy atom. The summed E-state index contributed by atoms with van der Waals surface area (Å²) in [6, 6.07) is 9.82. The van der Waals surface area contributed by atoms with Crippen molar-refractivity contribution >= 4 is 41.8 Å². The maximum absolute atomic E-state index is 12.7. The molecule has 1 heterocycles. The molecule has 0 aromatic heterocycles. The van der Waals surface area contributed by atoms with E-state index in [-0.39, 0.29) is 66.0 Å². The molecule has 2 fully saturated rings. The number of carbonyl (C=O) groups is 2. The highest BCUT2D eigenvalue weighted by Gasteiger charge is 2.58. The Hall–Kier alpha value is -1.94. The van der Waals surface area contributed by atoms with Gasteiger partial charge in [0.05, 0.1) is 24.5 Å². The van der Waals surface area contributed by atoms with Crippen molar-refractivity contribution in [3.8, 4) is 0 Å². The summed E-state index contributed by atoms with van der Waals surface area (Å²) in [4.78, 5) is 31.4. The van der Waals surface area contributed by atoms with Crippen LogP contribution in [-0.2, 0) is 16.0 Å². The molecule has 0 spiro atoms. The molecule has 3 aliphatic rings. The molecule has 5 atom stereocenters. The van der Waals surface area contributed by atoms with E-state index in [1.54, 1.807) is 0 Å². The fraction of sp³-hybridized carbons (Fsp3) is 0.522. The van der Waals surface area contributed by atoms with Gasteiger partial charge < -0.3 is 15.7 Å². The van der Waals surface area contributed by atoms with E-state index in [9.17, 15) is 14.7 Å². The van der Waals surface area contributed by atoms with E-state index in [2.05, 4.69) is 27.8 Å². The summed E-state index contributed by atoms with van der Waals surface area (Å²) in [6.45, 7) is 3.68. The highest BCUT2D eigenvalue weighted by atomic mass is 127. The molecule has 2 aliphatic carbocycles. The average molecular weight is 538 g/mol. The number of guanidine groups is 1. The number of hydrogen-bond donors (Lipinski definition) is 3. The number of allylic oxidation sites excluding steroid dienone is 2. The summed E-state index contributed by atoms with van der Waals surface area (Å²) in [6.07, 6.45) is 5.12. The topological polar surface area (TPSA) is 94.0 Å². The van der Waals surface area contributed by atoms with Gasteiger partial charge in [-0.15, -0.1) is 24.0 Å². The second-order valence-electron chi connectivity index (χ2n) is 8.32. The molecular weight excluding hydrogens is 507 g/mol. The van der Waals surface area contributed by atoms with Gasteiger partial charge in [-0.3, -0.25) is 19.5 Å². The quantitative estimate of drug-likeness (QED) is 0.154. The third kappa shape index (κ3) is 5.11. The van der Waals surface area contributed by atoms with Crippen LogP contribution in [-0.4, -0.2) is 60.1 Å². The van der Waals surface area contributed by atoms with Crippen molar-refractivity contribution in [2.75, 3.05) is 26.2 Å². The van der Waals surface area contributed by atoms with Crippen molar-refractivity contribution < 1.29 is 14.7 Å². The van der Waals surface area contributed by atoms with E-state index in [1.807, 2.05) is 37.3 Å². The summed E-state index contributed by atoms with van der Waals surface area (Å²) in [5.41, 5.74) is 1.07. The lowest BCUT2D eigenvalue weighted by Gasteiger charge is -2.19. The van der Waals surface area contributed by atoms with E-state index in [4.69, 9.17) is 0 Å². The van der Waals surface area contributed by atoms with Crippen LogP contribution in [0.25, 0.3) is 0 Å². The number of amides is 2. The van der Waals surface area contributed by atoms with Crippen LogP contribution in [0.4, 0.5) is 0 Å². The number of fused-ring (bicyclic) bond motifs is 5. The zero-order chi connectivity index (χ0) is 21.1. The average Bonchev–Trinajstić information content (AvgIpc) is 3.42. The molecule has 1 aliphatic heterocycles. The van der Waals surface area contributed by atoms with Crippen molar-refractivity contribution in [2.45, 2.75) is 25.9 Å². The first-order valence-electron chi connectivity index (χ1n) is 10.9. The fourth-order valence-electron chi connectivity index (χ4n) is 4.96. The molecular formula is C23H31IN4O3. The van der Waals surface area contributed by atoms with Gasteiger partial charge in [-0.05, 0) is 30.7 Å². The Bertz CT molecular complexity index is 814. The number of likely N-dealkylation sites (tertiary alicyclic amines) is 1. The summed E-state index contributed by atoms with van der Waals surface area (Å²) >= 11 is 0. The molecule has 1 saturated heterocycles. The zero-order valence-electron chi connectivity index (χ0n) is 17.7. The number of hydrogen-bond acceptors (Lipinski definition) is 4. The molecule has 1 aromatic carbocycles. The molecule has 2 bridgehead atoms. The predicted octanol–water partition coefficient (Wildman–Crippen LogP) is 1.57. The minimum atomic E-state index is -0.577. The summed E-state index contributed by atoms with van der Waals surface area (Å²) in [5, 5.41) is 16.6. The molecule has 1 aromatic rings. The Balaban J connectivity index is 0.00000272. The number of rotatable bonds is 8. The number of halogens is 1. The third-order valence-electron chi connectivity index (χ3n) is 6.31. The summed E-state index contributed by atoms with van der Waals surface area (Å²) < 4.78 is 0. The van der Waals surface area contributed by atoms with Crippen LogP contribution in [0.5, 0.6) is 0 Å². The number of aliphatic imine (C=N–C) groups is 1. The van der Waals surface area contributed by atoms with Gasteiger partial charge in [-0.25, -0.2) is 0 Å². The maximum atomic E-state index is 12.7. The number of nitrogens with zero attached hydrogens (tertiary/aromatic N) is 2. The molecule has 5 unspecified atom stereocenters. The van der Waals surface area contributed by atoms with Crippen molar-refractivity contribution in [3.05, 3.63) is 48.0 Å². The monoisotopic (exact) mass is 538 g/mol. The number of carbonyl (C=O) groups excluding carboxylic acids is 2. The SMILES string of the molecule is CCNC(=NCC(O)Cc1ccccc1)NCCN1C(=O)C2C3C=CC(C3)C2C1=O.I. The molecule has 31 heavy (non-hydrogen) atoms. The lowest BCUT2D eigenvalue weighted by atomic mass is 9.85. The molecule has 7 nitrogen and oxygen atoms in total. The van der Waals surface area contributed by atoms with Gasteiger partial charge in [0.1, 0.15) is 0 Å². The van der Waals surface area contributed by atoms with Crippen molar-refractivity contribution in [3.63, 3.8) is 0 Å². The Kier molecular flexibility index (Phi) is 8.10. The van der Waals surface area contributed by atoms with Gasteiger partial charge in [-0.2, -0.15) is 0 Å². The van der Waals surface area contributed by atoms with Crippen LogP contribution in [0.15, 0.2) is 47.5 Å². The van der Waals surface area contributed by atoms with Gasteiger partial charge in [0, 0.05) is 26.1 Å². The zero-order valence-corrected chi connectivity index (χ0v) is 20.1. The fourth-order valence-corrected chi connectivity index (χ4v) is 4.96.